The molecule has 0 saturated carbocycles. The highest BCUT2D eigenvalue weighted by atomic mass is 16.3. The van der Waals surface area contributed by atoms with E-state index >= 15 is 0 Å². The molecule has 0 bridgehead atoms. The van der Waals surface area contributed by atoms with Crippen LogP contribution in [0.25, 0.3) is 122 Å². The Bertz CT molecular complexity index is 3640. The Morgan fingerprint density at radius 1 is 0.302 bits per heavy atom. The van der Waals surface area contributed by atoms with Gasteiger partial charge in [0, 0.05) is 54.7 Å². The van der Waals surface area contributed by atoms with E-state index in [4.69, 9.17) is 19.4 Å². The molecule has 0 saturated heterocycles. The summed E-state index contributed by atoms with van der Waals surface area (Å²) in [7, 11) is 0. The van der Waals surface area contributed by atoms with E-state index in [1.807, 2.05) is 30.3 Å². The molecule has 4 heteroatoms. The molecular formula is C59H37N3O. The standard InChI is InChI=1S/C59H37N3O/c1-4-14-39(15-5-1)46-21-12-24-51-56(46)50-35-34-45(36-54(50)60-57(51)43-16-6-2-7-17-43)38-26-30-41(31-27-38)52-37-53(62-59(61-52)44-18-8-3-9-19-44)42-32-28-40(29-33-42)47-22-13-23-49-48-20-10-11-25-55(48)63-58(47)49/h1-37H. The van der Waals surface area contributed by atoms with Gasteiger partial charge < -0.3 is 4.42 Å². The van der Waals surface area contributed by atoms with Crippen LogP contribution in [0.5, 0.6) is 0 Å². The van der Waals surface area contributed by atoms with Gasteiger partial charge in [0.25, 0.3) is 0 Å². The molecule has 0 aliphatic rings. The number of hydrogen-bond acceptors (Lipinski definition) is 4. The number of benzene rings is 9. The van der Waals surface area contributed by atoms with E-state index in [-0.39, 0.29) is 0 Å². The summed E-state index contributed by atoms with van der Waals surface area (Å²) in [5, 5.41) is 5.72. The third kappa shape index (κ3) is 6.53. The monoisotopic (exact) mass is 803 g/mol. The molecule has 294 valence electrons. The summed E-state index contributed by atoms with van der Waals surface area (Å²) < 4.78 is 6.37. The molecular weight excluding hydrogens is 767 g/mol. The van der Waals surface area contributed by atoms with Gasteiger partial charge in [0.15, 0.2) is 5.82 Å². The van der Waals surface area contributed by atoms with Gasteiger partial charge >= 0.3 is 0 Å². The second kappa shape index (κ2) is 15.2. The first-order valence-electron chi connectivity index (χ1n) is 21.3. The normalized spacial score (nSPS) is 11.5. The molecule has 12 rings (SSSR count). The topological polar surface area (TPSA) is 51.8 Å². The number of rotatable bonds is 7. The first-order valence-corrected chi connectivity index (χ1v) is 21.3. The van der Waals surface area contributed by atoms with Gasteiger partial charge in [0.05, 0.1) is 22.6 Å². The molecule has 0 amide bonds. The van der Waals surface area contributed by atoms with Crippen LogP contribution in [0, 0.1) is 0 Å². The van der Waals surface area contributed by atoms with Crippen molar-refractivity contribution in [2.45, 2.75) is 0 Å². The molecule has 4 nitrogen and oxygen atoms in total. The molecule has 3 aromatic heterocycles. The fourth-order valence-electron chi connectivity index (χ4n) is 9.00. The van der Waals surface area contributed by atoms with Gasteiger partial charge in [0.2, 0.25) is 0 Å². The van der Waals surface area contributed by atoms with E-state index in [1.54, 1.807) is 0 Å². The van der Waals surface area contributed by atoms with E-state index in [1.165, 1.54) is 16.5 Å². The Labute approximate surface area is 364 Å². The predicted molar refractivity (Wildman–Crippen MR) is 260 cm³/mol. The zero-order valence-corrected chi connectivity index (χ0v) is 34.1. The Kier molecular flexibility index (Phi) is 8.79. The lowest BCUT2D eigenvalue weighted by atomic mass is 9.92. The van der Waals surface area contributed by atoms with Crippen molar-refractivity contribution in [3.8, 4) is 78.5 Å². The zero-order valence-electron chi connectivity index (χ0n) is 34.1. The minimum Gasteiger partial charge on any atom is -0.455 e. The summed E-state index contributed by atoms with van der Waals surface area (Å²) in [6.45, 7) is 0. The van der Waals surface area contributed by atoms with Crippen LogP contribution < -0.4 is 0 Å². The lowest BCUT2D eigenvalue weighted by Crippen LogP contribution is -1.96. The summed E-state index contributed by atoms with van der Waals surface area (Å²) in [4.78, 5) is 15.6. The molecule has 0 radical (unpaired) electrons. The molecule has 0 aliphatic heterocycles. The number of para-hydroxylation sites is 2. The molecule has 3 heterocycles. The molecule has 0 unspecified atom stereocenters. The lowest BCUT2D eigenvalue weighted by molar-refractivity contribution is 0.670. The van der Waals surface area contributed by atoms with Crippen LogP contribution in [0.15, 0.2) is 229 Å². The highest BCUT2D eigenvalue weighted by molar-refractivity contribution is 6.17. The van der Waals surface area contributed by atoms with Crippen molar-refractivity contribution in [3.63, 3.8) is 0 Å². The third-order valence-corrected chi connectivity index (χ3v) is 12.1. The van der Waals surface area contributed by atoms with Crippen LogP contribution in [0.4, 0.5) is 0 Å². The molecule has 12 aromatic rings. The first kappa shape index (κ1) is 36.4. The number of fused-ring (bicyclic) bond motifs is 6. The van der Waals surface area contributed by atoms with Crippen LogP contribution in [-0.4, -0.2) is 15.0 Å². The second-order valence-electron chi connectivity index (χ2n) is 15.9. The SMILES string of the molecule is c1ccc(-c2nc(-c3ccc(-c4ccc5c(c4)nc(-c4ccccc4)c4cccc(-c6ccccc6)c45)cc3)cc(-c3ccc(-c4cccc5c4oc4ccccc45)cc3)n2)cc1. The van der Waals surface area contributed by atoms with E-state index < -0.39 is 0 Å². The van der Waals surface area contributed by atoms with E-state index in [2.05, 4.69) is 194 Å². The summed E-state index contributed by atoms with van der Waals surface area (Å²) in [5.74, 6) is 0.681. The summed E-state index contributed by atoms with van der Waals surface area (Å²) >= 11 is 0. The van der Waals surface area contributed by atoms with Crippen LogP contribution in [0.3, 0.4) is 0 Å². The van der Waals surface area contributed by atoms with Crippen molar-refractivity contribution in [1.82, 2.24) is 15.0 Å². The first-order chi connectivity index (χ1) is 31.2. The molecule has 0 N–H and O–H groups in total. The average Bonchev–Trinajstić information content (AvgIpc) is 3.76. The number of pyridine rings is 1. The van der Waals surface area contributed by atoms with E-state index in [0.717, 1.165) is 99.8 Å². The average molecular weight is 804 g/mol. The van der Waals surface area contributed by atoms with E-state index in [9.17, 15) is 0 Å². The van der Waals surface area contributed by atoms with Crippen LogP contribution in [-0.2, 0) is 0 Å². The number of aromatic nitrogens is 3. The maximum absolute atomic E-state index is 6.37. The quantitative estimate of drug-likeness (QED) is 0.151. The van der Waals surface area contributed by atoms with Crippen molar-refractivity contribution in [2.75, 3.05) is 0 Å². The summed E-state index contributed by atoms with van der Waals surface area (Å²) in [5.41, 5.74) is 16.3. The van der Waals surface area contributed by atoms with Gasteiger partial charge in [0.1, 0.15) is 11.2 Å². The highest BCUT2D eigenvalue weighted by Crippen LogP contribution is 2.41. The number of nitrogens with zero attached hydrogens (tertiary/aromatic N) is 3. The molecule has 0 spiro atoms. The van der Waals surface area contributed by atoms with Gasteiger partial charge in [-0.2, -0.15) is 0 Å². The molecule has 63 heavy (non-hydrogen) atoms. The van der Waals surface area contributed by atoms with Gasteiger partial charge in [-0.05, 0) is 46.0 Å². The predicted octanol–water partition coefficient (Wildman–Crippen LogP) is 15.7. The maximum atomic E-state index is 6.37. The lowest BCUT2D eigenvalue weighted by Gasteiger charge is -2.15. The van der Waals surface area contributed by atoms with Crippen molar-refractivity contribution in [1.29, 1.82) is 0 Å². The maximum Gasteiger partial charge on any atom is 0.160 e. The third-order valence-electron chi connectivity index (χ3n) is 12.1. The largest absolute Gasteiger partial charge is 0.455 e. The number of hydrogen-bond donors (Lipinski definition) is 0. The summed E-state index contributed by atoms with van der Waals surface area (Å²) in [6, 6.07) is 78.5. The molecule has 0 aliphatic carbocycles. The van der Waals surface area contributed by atoms with Gasteiger partial charge in [-0.15, -0.1) is 0 Å². The van der Waals surface area contributed by atoms with Gasteiger partial charge in [-0.25, -0.2) is 15.0 Å². The second-order valence-corrected chi connectivity index (χ2v) is 15.9. The Morgan fingerprint density at radius 3 is 1.52 bits per heavy atom. The van der Waals surface area contributed by atoms with Crippen LogP contribution >= 0.6 is 0 Å². The Hall–Kier alpha value is -8.47. The fraction of sp³-hybridized carbons (Fsp3) is 0. The Balaban J connectivity index is 0.925. The van der Waals surface area contributed by atoms with Gasteiger partial charge in [-0.1, -0.05) is 206 Å². The summed E-state index contributed by atoms with van der Waals surface area (Å²) in [6.07, 6.45) is 0. The minimum absolute atomic E-state index is 0.681. The van der Waals surface area contributed by atoms with Crippen molar-refractivity contribution >= 4 is 43.6 Å². The van der Waals surface area contributed by atoms with Gasteiger partial charge in [-0.3, -0.25) is 0 Å². The Morgan fingerprint density at radius 2 is 0.825 bits per heavy atom. The zero-order chi connectivity index (χ0) is 41.7. The van der Waals surface area contributed by atoms with E-state index in [0.29, 0.717) is 5.82 Å². The highest BCUT2D eigenvalue weighted by Gasteiger charge is 2.17. The number of furan rings is 1. The molecule has 0 fully saturated rings. The van der Waals surface area contributed by atoms with Crippen molar-refractivity contribution in [2.24, 2.45) is 0 Å². The smallest absolute Gasteiger partial charge is 0.160 e. The minimum atomic E-state index is 0.681. The van der Waals surface area contributed by atoms with Crippen molar-refractivity contribution < 1.29 is 4.42 Å². The molecule has 0 atom stereocenters. The van der Waals surface area contributed by atoms with Crippen LogP contribution in [0.2, 0.25) is 0 Å². The molecule has 9 aromatic carbocycles. The van der Waals surface area contributed by atoms with Crippen molar-refractivity contribution in [3.05, 3.63) is 224 Å². The fourth-order valence-corrected chi connectivity index (χ4v) is 9.00. The van der Waals surface area contributed by atoms with Crippen LogP contribution in [0.1, 0.15) is 0 Å².